The van der Waals surface area contributed by atoms with E-state index in [1.165, 1.54) is 4.90 Å². The van der Waals surface area contributed by atoms with Gasteiger partial charge in [-0.05, 0) is 31.8 Å². The molecule has 1 aliphatic heterocycles. The summed E-state index contributed by atoms with van der Waals surface area (Å²) >= 11 is 0. The highest BCUT2D eigenvalue weighted by molar-refractivity contribution is 5.73. The average Bonchev–Trinajstić information content (AvgIpc) is 2.25. The maximum atomic E-state index is 12.2. The first-order valence-corrected chi connectivity index (χ1v) is 6.47. The van der Waals surface area contributed by atoms with Crippen molar-refractivity contribution in [3.8, 4) is 0 Å². The van der Waals surface area contributed by atoms with Gasteiger partial charge in [0.25, 0.3) is 0 Å². The van der Waals surface area contributed by atoms with Gasteiger partial charge in [0.05, 0.1) is 6.54 Å². The first kappa shape index (κ1) is 16.2. The Morgan fingerprint density at radius 1 is 1.37 bits per heavy atom. The van der Waals surface area contributed by atoms with Crippen LogP contribution < -0.4 is 5.32 Å². The molecule has 112 valence electrons. The highest BCUT2D eigenvalue weighted by Gasteiger charge is 2.33. The monoisotopic (exact) mass is 282 g/mol. The third kappa shape index (κ3) is 5.78. The van der Waals surface area contributed by atoms with Crippen LogP contribution in [0.2, 0.25) is 0 Å². The summed E-state index contributed by atoms with van der Waals surface area (Å²) in [6.45, 7) is 3.44. The Kier molecular flexibility index (Phi) is 5.61. The zero-order chi connectivity index (χ0) is 14.6. The molecular formula is C12H21F3N2O2. The second kappa shape index (κ2) is 6.56. The number of halogens is 3. The van der Waals surface area contributed by atoms with E-state index in [0.29, 0.717) is 25.9 Å². The number of nitrogens with one attached hydrogen (secondary N) is 1. The van der Waals surface area contributed by atoms with Crippen molar-refractivity contribution in [2.24, 2.45) is 5.92 Å². The van der Waals surface area contributed by atoms with Gasteiger partial charge in [0.2, 0.25) is 0 Å². The fraction of sp³-hybridized carbons (Fsp3) is 0.917. The average molecular weight is 282 g/mol. The molecule has 0 spiro atoms. The number of carbonyl (C=O) groups is 1. The molecule has 1 aliphatic rings. The third-order valence-corrected chi connectivity index (χ3v) is 3.34. The summed E-state index contributed by atoms with van der Waals surface area (Å²) in [7, 11) is 0. The quantitative estimate of drug-likeness (QED) is 0.806. The summed E-state index contributed by atoms with van der Waals surface area (Å²) in [5.41, 5.74) is 0. The van der Waals surface area contributed by atoms with E-state index in [4.69, 9.17) is 5.11 Å². The maximum Gasteiger partial charge on any atom is 0.401 e. The van der Waals surface area contributed by atoms with Crippen LogP contribution in [0, 0.1) is 5.92 Å². The van der Waals surface area contributed by atoms with E-state index in [1.54, 1.807) is 0 Å². The highest BCUT2D eigenvalue weighted by Crippen LogP contribution is 2.20. The summed E-state index contributed by atoms with van der Waals surface area (Å²) < 4.78 is 36.7. The number of aliphatic carboxylic acids is 1. The fourth-order valence-electron chi connectivity index (χ4n) is 2.31. The van der Waals surface area contributed by atoms with Crippen LogP contribution in [0.15, 0.2) is 0 Å². The minimum atomic E-state index is -4.16. The van der Waals surface area contributed by atoms with Crippen LogP contribution in [-0.4, -0.2) is 53.9 Å². The number of carboxylic acid groups (broad SMARTS) is 1. The zero-order valence-electron chi connectivity index (χ0n) is 11.2. The van der Waals surface area contributed by atoms with E-state index in [9.17, 15) is 18.0 Å². The Morgan fingerprint density at radius 3 is 2.26 bits per heavy atom. The van der Waals surface area contributed by atoms with Crippen molar-refractivity contribution >= 4 is 5.97 Å². The molecule has 0 saturated carbocycles. The number of rotatable bonds is 5. The van der Waals surface area contributed by atoms with E-state index in [1.807, 2.05) is 13.8 Å². The van der Waals surface area contributed by atoms with Crippen LogP contribution in [0.3, 0.4) is 0 Å². The molecule has 0 radical (unpaired) electrons. The lowest BCUT2D eigenvalue weighted by atomic mass is 9.99. The molecule has 1 unspecified atom stereocenters. The number of piperidine rings is 1. The van der Waals surface area contributed by atoms with Crippen molar-refractivity contribution < 1.29 is 23.1 Å². The van der Waals surface area contributed by atoms with Crippen molar-refractivity contribution in [3.05, 3.63) is 0 Å². The Labute approximate surface area is 111 Å². The zero-order valence-corrected chi connectivity index (χ0v) is 11.2. The van der Waals surface area contributed by atoms with E-state index in [0.717, 1.165) is 0 Å². The van der Waals surface area contributed by atoms with E-state index < -0.39 is 24.7 Å². The lowest BCUT2D eigenvalue weighted by molar-refractivity contribution is -0.148. The molecule has 0 aliphatic carbocycles. The summed E-state index contributed by atoms with van der Waals surface area (Å²) in [4.78, 5) is 12.4. The van der Waals surface area contributed by atoms with Crippen LogP contribution >= 0.6 is 0 Å². The molecule has 1 atom stereocenters. The van der Waals surface area contributed by atoms with Crippen molar-refractivity contribution in [2.45, 2.75) is 44.9 Å². The smallest absolute Gasteiger partial charge is 0.401 e. The van der Waals surface area contributed by atoms with E-state index in [-0.39, 0.29) is 12.0 Å². The van der Waals surface area contributed by atoms with Crippen LogP contribution in [0.1, 0.15) is 26.7 Å². The summed E-state index contributed by atoms with van der Waals surface area (Å²) in [5, 5.41) is 12.1. The molecule has 4 nitrogen and oxygen atoms in total. The topological polar surface area (TPSA) is 52.6 Å². The lowest BCUT2D eigenvalue weighted by Gasteiger charge is -2.34. The minimum Gasteiger partial charge on any atom is -0.480 e. The van der Waals surface area contributed by atoms with Crippen LogP contribution in [0.25, 0.3) is 0 Å². The Bertz CT molecular complexity index is 300. The molecule has 1 rings (SSSR count). The maximum absolute atomic E-state index is 12.2. The predicted octanol–water partition coefficient (Wildman–Crippen LogP) is 1.71. The third-order valence-electron chi connectivity index (χ3n) is 3.34. The van der Waals surface area contributed by atoms with Gasteiger partial charge in [0.15, 0.2) is 0 Å². The lowest BCUT2D eigenvalue weighted by Crippen LogP contribution is -2.51. The summed E-state index contributed by atoms with van der Waals surface area (Å²) in [6.07, 6.45) is -3.07. The normalized spacial score (nSPS) is 20.7. The molecular weight excluding hydrogens is 261 g/mol. The number of likely N-dealkylation sites (tertiary alicyclic amines) is 1. The number of hydrogen-bond acceptors (Lipinski definition) is 3. The Morgan fingerprint density at radius 2 is 1.89 bits per heavy atom. The number of alkyl halides is 3. The van der Waals surface area contributed by atoms with Crippen molar-refractivity contribution in [1.29, 1.82) is 0 Å². The molecule has 1 fully saturated rings. The predicted molar refractivity (Wildman–Crippen MR) is 64.9 cm³/mol. The van der Waals surface area contributed by atoms with Gasteiger partial charge in [-0.2, -0.15) is 13.2 Å². The van der Waals surface area contributed by atoms with Gasteiger partial charge in [-0.25, -0.2) is 0 Å². The number of hydrogen-bond donors (Lipinski definition) is 2. The second-order valence-electron chi connectivity index (χ2n) is 5.39. The van der Waals surface area contributed by atoms with Gasteiger partial charge in [0.1, 0.15) is 6.04 Å². The first-order valence-electron chi connectivity index (χ1n) is 6.47. The molecule has 7 heteroatoms. The molecule has 0 aromatic carbocycles. The standard InChI is InChI=1S/C12H21F3N2O2/c1-8(2)10(11(18)19)16-9-3-5-17(6-4-9)7-12(13,14)15/h8-10,16H,3-7H2,1-2H3,(H,18,19). The molecule has 2 N–H and O–H groups in total. The summed E-state index contributed by atoms with van der Waals surface area (Å²) in [6, 6.07) is -0.660. The van der Waals surface area contributed by atoms with Crippen molar-refractivity contribution in [3.63, 3.8) is 0 Å². The van der Waals surface area contributed by atoms with E-state index in [2.05, 4.69) is 5.32 Å². The molecule has 0 aromatic heterocycles. The highest BCUT2D eigenvalue weighted by atomic mass is 19.4. The minimum absolute atomic E-state index is 0.0204. The van der Waals surface area contributed by atoms with Crippen LogP contribution in [0.5, 0.6) is 0 Å². The molecule has 0 bridgehead atoms. The van der Waals surface area contributed by atoms with Crippen molar-refractivity contribution in [2.75, 3.05) is 19.6 Å². The number of nitrogens with zero attached hydrogens (tertiary/aromatic N) is 1. The molecule has 19 heavy (non-hydrogen) atoms. The molecule has 1 heterocycles. The first-order chi connectivity index (χ1) is 8.69. The fourth-order valence-corrected chi connectivity index (χ4v) is 2.31. The van der Waals surface area contributed by atoms with E-state index >= 15 is 0 Å². The van der Waals surface area contributed by atoms with Gasteiger partial charge in [-0.1, -0.05) is 13.8 Å². The summed E-state index contributed by atoms with van der Waals surface area (Å²) in [5.74, 6) is -0.960. The second-order valence-corrected chi connectivity index (χ2v) is 5.39. The molecule has 0 amide bonds. The Hall–Kier alpha value is -0.820. The SMILES string of the molecule is CC(C)C(NC1CCN(CC(F)(F)F)CC1)C(=O)O. The van der Waals surface area contributed by atoms with Crippen LogP contribution in [0.4, 0.5) is 13.2 Å². The molecule has 0 aromatic rings. The molecule has 1 saturated heterocycles. The van der Waals surface area contributed by atoms with Gasteiger partial charge < -0.3 is 10.4 Å². The van der Waals surface area contributed by atoms with Gasteiger partial charge in [-0.3, -0.25) is 9.69 Å². The van der Waals surface area contributed by atoms with Gasteiger partial charge >= 0.3 is 12.1 Å². The van der Waals surface area contributed by atoms with Crippen LogP contribution in [-0.2, 0) is 4.79 Å². The van der Waals surface area contributed by atoms with Crippen molar-refractivity contribution in [1.82, 2.24) is 10.2 Å². The Balaban J connectivity index is 2.39. The number of carboxylic acids is 1. The van der Waals surface area contributed by atoms with Gasteiger partial charge in [-0.15, -0.1) is 0 Å². The largest absolute Gasteiger partial charge is 0.480 e. The van der Waals surface area contributed by atoms with Gasteiger partial charge in [0, 0.05) is 6.04 Å².